The number of aryl methyl sites for hydroxylation is 1. The van der Waals surface area contributed by atoms with Gasteiger partial charge in [-0.05, 0) is 30.4 Å². The second-order valence-electron chi connectivity index (χ2n) is 8.70. The normalized spacial score (nSPS) is 15.1. The molecule has 1 fully saturated rings. The van der Waals surface area contributed by atoms with Crippen LogP contribution in [0, 0.1) is 6.92 Å². The first-order chi connectivity index (χ1) is 14.2. The third kappa shape index (κ3) is 7.29. The lowest BCUT2D eigenvalue weighted by atomic mass is 9.85. The summed E-state index contributed by atoms with van der Waals surface area (Å²) in [5.74, 6) is 0.647. The lowest BCUT2D eigenvalue weighted by Gasteiger charge is -2.25. The molecule has 1 aliphatic rings. The minimum atomic E-state index is -0.0702. The van der Waals surface area contributed by atoms with Crippen molar-refractivity contribution in [2.24, 2.45) is 0 Å². The minimum absolute atomic E-state index is 0.000215. The van der Waals surface area contributed by atoms with Crippen molar-refractivity contribution in [2.45, 2.75) is 39.5 Å². The van der Waals surface area contributed by atoms with Crippen molar-refractivity contribution in [1.82, 2.24) is 9.80 Å². The largest absolute Gasteiger partial charge is 0.483 e. The lowest BCUT2D eigenvalue weighted by molar-refractivity contribution is -0.137. The number of carbonyl (C=O) groups excluding carboxylic acids is 2. The van der Waals surface area contributed by atoms with Crippen LogP contribution in [0.3, 0.4) is 0 Å². The standard InChI is InChI=1S/C23H36N2O5/c1-18-7-8-20(19(15-18)23(2,3)4)30-17-22(27)25-10-6-9-24(11-12-25)21(26)16-29-14-13-28-5/h7-8,15H,6,9-14,16-17H2,1-5H3. The van der Waals surface area contributed by atoms with Gasteiger partial charge in [-0.2, -0.15) is 0 Å². The van der Waals surface area contributed by atoms with Crippen LogP contribution in [-0.2, 0) is 24.5 Å². The van der Waals surface area contributed by atoms with Gasteiger partial charge in [-0.15, -0.1) is 0 Å². The van der Waals surface area contributed by atoms with Gasteiger partial charge < -0.3 is 24.0 Å². The predicted molar refractivity (Wildman–Crippen MR) is 116 cm³/mol. The van der Waals surface area contributed by atoms with E-state index in [1.54, 1.807) is 16.9 Å². The number of hydrogen-bond donors (Lipinski definition) is 0. The van der Waals surface area contributed by atoms with Crippen LogP contribution in [0.1, 0.15) is 38.3 Å². The molecular formula is C23H36N2O5. The van der Waals surface area contributed by atoms with E-state index in [9.17, 15) is 9.59 Å². The molecule has 168 valence electrons. The van der Waals surface area contributed by atoms with E-state index >= 15 is 0 Å². The molecule has 2 amide bonds. The molecule has 0 atom stereocenters. The van der Waals surface area contributed by atoms with E-state index in [0.717, 1.165) is 17.7 Å². The molecule has 1 aromatic carbocycles. The number of hydrogen-bond acceptors (Lipinski definition) is 5. The Morgan fingerprint density at radius 3 is 2.20 bits per heavy atom. The van der Waals surface area contributed by atoms with Gasteiger partial charge in [-0.25, -0.2) is 0 Å². The third-order valence-corrected chi connectivity index (χ3v) is 5.15. The number of ether oxygens (including phenoxy) is 3. The molecule has 30 heavy (non-hydrogen) atoms. The molecule has 7 nitrogen and oxygen atoms in total. The number of nitrogens with zero attached hydrogens (tertiary/aromatic N) is 2. The van der Waals surface area contributed by atoms with Crippen LogP contribution in [0.25, 0.3) is 0 Å². The van der Waals surface area contributed by atoms with Crippen LogP contribution in [0.2, 0.25) is 0 Å². The average molecular weight is 421 g/mol. The van der Waals surface area contributed by atoms with Gasteiger partial charge in [0, 0.05) is 33.3 Å². The zero-order valence-electron chi connectivity index (χ0n) is 19.0. The fourth-order valence-electron chi connectivity index (χ4n) is 3.40. The van der Waals surface area contributed by atoms with E-state index < -0.39 is 0 Å². The topological polar surface area (TPSA) is 68.3 Å². The molecular weight excluding hydrogens is 384 g/mol. The van der Waals surface area contributed by atoms with Crippen molar-refractivity contribution >= 4 is 11.8 Å². The van der Waals surface area contributed by atoms with Gasteiger partial charge in [0.2, 0.25) is 5.91 Å². The average Bonchev–Trinajstić information content (AvgIpc) is 2.95. The monoisotopic (exact) mass is 420 g/mol. The van der Waals surface area contributed by atoms with Gasteiger partial charge in [-0.1, -0.05) is 38.5 Å². The van der Waals surface area contributed by atoms with Gasteiger partial charge in [-0.3, -0.25) is 9.59 Å². The van der Waals surface area contributed by atoms with Gasteiger partial charge in [0.1, 0.15) is 12.4 Å². The number of benzene rings is 1. The fraction of sp³-hybridized carbons (Fsp3) is 0.652. The molecule has 1 aromatic rings. The van der Waals surface area contributed by atoms with E-state index in [1.807, 2.05) is 12.1 Å². The lowest BCUT2D eigenvalue weighted by Crippen LogP contribution is -2.40. The Labute approximate surface area is 180 Å². The Balaban J connectivity index is 1.87. The van der Waals surface area contributed by atoms with Crippen molar-refractivity contribution in [1.29, 1.82) is 0 Å². The van der Waals surface area contributed by atoms with Crippen LogP contribution in [0.4, 0.5) is 0 Å². The summed E-state index contributed by atoms with van der Waals surface area (Å²) in [4.78, 5) is 28.6. The Hall–Kier alpha value is -2.12. The van der Waals surface area contributed by atoms with E-state index in [-0.39, 0.29) is 30.4 Å². The molecule has 0 unspecified atom stereocenters. The van der Waals surface area contributed by atoms with Crippen molar-refractivity contribution in [3.63, 3.8) is 0 Å². The number of methoxy groups -OCH3 is 1. The van der Waals surface area contributed by atoms with Crippen LogP contribution in [0.15, 0.2) is 18.2 Å². The van der Waals surface area contributed by atoms with E-state index in [2.05, 4.69) is 33.8 Å². The molecule has 7 heteroatoms. The number of amides is 2. The maximum absolute atomic E-state index is 12.7. The maximum Gasteiger partial charge on any atom is 0.260 e. The first-order valence-corrected chi connectivity index (χ1v) is 10.6. The fourth-order valence-corrected chi connectivity index (χ4v) is 3.40. The molecule has 0 aliphatic carbocycles. The Kier molecular flexibility index (Phi) is 9.11. The molecule has 0 saturated carbocycles. The predicted octanol–water partition coefficient (Wildman–Crippen LogP) is 2.40. The van der Waals surface area contributed by atoms with Gasteiger partial charge in [0.15, 0.2) is 6.61 Å². The molecule has 2 rings (SSSR count). The zero-order chi connectivity index (χ0) is 22.1. The van der Waals surface area contributed by atoms with Crippen molar-refractivity contribution in [2.75, 3.05) is 59.7 Å². The Morgan fingerprint density at radius 1 is 0.967 bits per heavy atom. The summed E-state index contributed by atoms with van der Waals surface area (Å²) in [7, 11) is 1.60. The summed E-state index contributed by atoms with van der Waals surface area (Å²) in [6.07, 6.45) is 0.743. The Morgan fingerprint density at radius 2 is 1.60 bits per heavy atom. The summed E-state index contributed by atoms with van der Waals surface area (Å²) in [5, 5.41) is 0. The Bertz CT molecular complexity index is 714. The SMILES string of the molecule is COCCOCC(=O)N1CCCN(C(=O)COc2ccc(C)cc2C(C)(C)C)CC1. The summed E-state index contributed by atoms with van der Waals surface area (Å²) in [5.41, 5.74) is 2.19. The van der Waals surface area contributed by atoms with Crippen molar-refractivity contribution < 1.29 is 23.8 Å². The summed E-state index contributed by atoms with van der Waals surface area (Å²) >= 11 is 0. The molecule has 0 radical (unpaired) electrons. The van der Waals surface area contributed by atoms with Gasteiger partial charge in [0.25, 0.3) is 5.91 Å². The van der Waals surface area contributed by atoms with Crippen LogP contribution in [0.5, 0.6) is 5.75 Å². The molecule has 0 bridgehead atoms. The molecule has 0 aromatic heterocycles. The first-order valence-electron chi connectivity index (χ1n) is 10.6. The second kappa shape index (κ2) is 11.3. The van der Waals surface area contributed by atoms with Crippen LogP contribution >= 0.6 is 0 Å². The van der Waals surface area contributed by atoms with E-state index in [4.69, 9.17) is 14.2 Å². The van der Waals surface area contributed by atoms with E-state index in [1.165, 1.54) is 5.56 Å². The highest BCUT2D eigenvalue weighted by Crippen LogP contribution is 2.32. The minimum Gasteiger partial charge on any atom is -0.483 e. The highest BCUT2D eigenvalue weighted by atomic mass is 16.5. The zero-order valence-corrected chi connectivity index (χ0v) is 19.0. The third-order valence-electron chi connectivity index (χ3n) is 5.15. The van der Waals surface area contributed by atoms with E-state index in [0.29, 0.717) is 39.4 Å². The van der Waals surface area contributed by atoms with Crippen LogP contribution < -0.4 is 4.74 Å². The molecule has 1 aliphatic heterocycles. The van der Waals surface area contributed by atoms with Gasteiger partial charge in [0.05, 0.1) is 13.2 Å². The quantitative estimate of drug-likeness (QED) is 0.604. The summed E-state index contributed by atoms with van der Waals surface area (Å²) < 4.78 is 16.2. The molecule has 0 spiro atoms. The molecule has 0 N–H and O–H groups in total. The van der Waals surface area contributed by atoms with Gasteiger partial charge >= 0.3 is 0 Å². The molecule has 1 heterocycles. The highest BCUT2D eigenvalue weighted by molar-refractivity contribution is 5.79. The maximum atomic E-state index is 12.7. The molecule has 1 saturated heterocycles. The van der Waals surface area contributed by atoms with Crippen LogP contribution in [-0.4, -0.2) is 81.3 Å². The highest BCUT2D eigenvalue weighted by Gasteiger charge is 2.24. The smallest absolute Gasteiger partial charge is 0.260 e. The number of rotatable bonds is 8. The first kappa shape index (κ1) is 24.2. The second-order valence-corrected chi connectivity index (χ2v) is 8.70. The number of carbonyl (C=O) groups is 2. The summed E-state index contributed by atoms with van der Waals surface area (Å²) in [6, 6.07) is 6.05. The van der Waals surface area contributed by atoms with Crippen molar-refractivity contribution in [3.05, 3.63) is 29.3 Å². The summed E-state index contributed by atoms with van der Waals surface area (Å²) in [6.45, 7) is 11.6. The van der Waals surface area contributed by atoms with Crippen molar-refractivity contribution in [3.8, 4) is 5.75 Å².